The molecule has 0 saturated heterocycles. The molecule has 0 fully saturated rings. The number of hydrogen-bond donors (Lipinski definition) is 0. The number of rotatable bonds is 4. The summed E-state index contributed by atoms with van der Waals surface area (Å²) in [6, 6.07) is 0. The molecule has 0 amide bonds. The minimum Gasteiger partial charge on any atom is -0.495 e. The quantitative estimate of drug-likeness (QED) is 0.345. The van der Waals surface area contributed by atoms with E-state index in [0.717, 1.165) is 12.2 Å². The Morgan fingerprint density at radius 2 is 2.27 bits per heavy atom. The molecule has 0 rings (SSSR count). The second-order valence-electron chi connectivity index (χ2n) is 2.02. The zero-order valence-electron chi connectivity index (χ0n) is 7.42. The summed E-state index contributed by atoms with van der Waals surface area (Å²) in [5, 5.41) is 0. The second kappa shape index (κ2) is 5.71. The Bertz CT molecular complexity index is 180. The molecule has 0 aliphatic heterocycles. The molecule has 0 radical (unpaired) electrons. The molecule has 11 heavy (non-hydrogen) atoms. The molecule has 0 aliphatic rings. The van der Waals surface area contributed by atoms with Crippen molar-refractivity contribution < 1.29 is 4.74 Å². The van der Waals surface area contributed by atoms with E-state index in [1.807, 2.05) is 26.1 Å². The normalized spacial score (nSPS) is 12.1. The van der Waals surface area contributed by atoms with Gasteiger partial charge in [-0.1, -0.05) is 13.5 Å². The monoisotopic (exact) mass is 153 g/mol. The molecule has 0 unspecified atom stereocenters. The van der Waals surface area contributed by atoms with Gasteiger partial charge in [0.2, 0.25) is 0 Å². The highest BCUT2D eigenvalue weighted by Gasteiger charge is 1.95. The summed E-state index contributed by atoms with van der Waals surface area (Å²) >= 11 is 0. The summed E-state index contributed by atoms with van der Waals surface area (Å²) in [5.41, 5.74) is 0.678. The predicted molar refractivity (Wildman–Crippen MR) is 48.7 cm³/mol. The molecular formula is C9H15NO. The van der Waals surface area contributed by atoms with Crippen LogP contribution in [-0.4, -0.2) is 13.3 Å². The lowest BCUT2D eigenvalue weighted by Crippen LogP contribution is -1.88. The minimum atomic E-state index is 0.678. The summed E-state index contributed by atoms with van der Waals surface area (Å²) in [6.45, 7) is 7.66. The van der Waals surface area contributed by atoms with Crippen molar-refractivity contribution in [2.75, 3.05) is 7.11 Å². The third kappa shape index (κ3) is 3.61. The fraction of sp³-hybridized carbons (Fsp3) is 0.444. The van der Waals surface area contributed by atoms with Crippen LogP contribution in [0.4, 0.5) is 0 Å². The second-order valence-corrected chi connectivity index (χ2v) is 2.02. The first-order valence-corrected chi connectivity index (χ1v) is 3.68. The molecule has 62 valence electrons. The third-order valence-electron chi connectivity index (χ3n) is 1.20. The maximum Gasteiger partial charge on any atom is 0.139 e. The third-order valence-corrected chi connectivity index (χ3v) is 1.20. The molecule has 0 aliphatic carbocycles. The predicted octanol–water partition coefficient (Wildman–Crippen LogP) is 2.53. The van der Waals surface area contributed by atoms with Gasteiger partial charge < -0.3 is 4.74 Å². The van der Waals surface area contributed by atoms with E-state index in [9.17, 15) is 0 Å². The van der Waals surface area contributed by atoms with E-state index >= 15 is 0 Å². The molecule has 0 atom stereocenters. The van der Waals surface area contributed by atoms with Crippen molar-refractivity contribution in [1.82, 2.24) is 0 Å². The SMILES string of the molecule is C=C(/N=C\CC)/C(=C\C)OC. The highest BCUT2D eigenvalue weighted by Crippen LogP contribution is 2.08. The summed E-state index contributed by atoms with van der Waals surface area (Å²) in [5.74, 6) is 0.731. The average Bonchev–Trinajstić information content (AvgIpc) is 2.03. The maximum atomic E-state index is 5.01. The van der Waals surface area contributed by atoms with Gasteiger partial charge >= 0.3 is 0 Å². The Morgan fingerprint density at radius 1 is 1.64 bits per heavy atom. The minimum absolute atomic E-state index is 0.678. The van der Waals surface area contributed by atoms with Gasteiger partial charge in [0.15, 0.2) is 0 Å². The van der Waals surface area contributed by atoms with Gasteiger partial charge in [0.1, 0.15) is 5.76 Å². The highest BCUT2D eigenvalue weighted by atomic mass is 16.5. The fourth-order valence-electron chi connectivity index (χ4n) is 0.667. The van der Waals surface area contributed by atoms with Gasteiger partial charge in [0, 0.05) is 6.21 Å². The summed E-state index contributed by atoms with van der Waals surface area (Å²) in [7, 11) is 1.61. The van der Waals surface area contributed by atoms with Crippen LogP contribution in [0.15, 0.2) is 29.1 Å². The van der Waals surface area contributed by atoms with Crippen molar-refractivity contribution in [1.29, 1.82) is 0 Å². The van der Waals surface area contributed by atoms with Crippen molar-refractivity contribution >= 4 is 6.21 Å². The van der Waals surface area contributed by atoms with E-state index in [4.69, 9.17) is 4.74 Å². The van der Waals surface area contributed by atoms with Gasteiger partial charge in [-0.25, -0.2) is 0 Å². The largest absolute Gasteiger partial charge is 0.495 e. The summed E-state index contributed by atoms with van der Waals surface area (Å²) in [4.78, 5) is 4.07. The first-order valence-electron chi connectivity index (χ1n) is 3.68. The molecule has 0 heterocycles. The lowest BCUT2D eigenvalue weighted by Gasteiger charge is -2.02. The van der Waals surface area contributed by atoms with Gasteiger partial charge in [-0.2, -0.15) is 0 Å². The zero-order chi connectivity index (χ0) is 8.69. The van der Waals surface area contributed by atoms with E-state index in [0.29, 0.717) is 5.70 Å². The lowest BCUT2D eigenvalue weighted by molar-refractivity contribution is 0.299. The van der Waals surface area contributed by atoms with E-state index in [2.05, 4.69) is 11.6 Å². The van der Waals surface area contributed by atoms with Crippen LogP contribution in [0, 0.1) is 0 Å². The fourth-order valence-corrected chi connectivity index (χ4v) is 0.667. The molecule has 0 N–H and O–H groups in total. The standard InChI is InChI=1S/C9H15NO/c1-5-7-10-8(3)9(6-2)11-4/h6-7H,3,5H2,1-2,4H3/b9-6+,10-7-. The average molecular weight is 153 g/mol. The maximum absolute atomic E-state index is 5.01. The number of nitrogens with zero attached hydrogens (tertiary/aromatic N) is 1. The Hall–Kier alpha value is -1.05. The van der Waals surface area contributed by atoms with Crippen LogP contribution in [0.25, 0.3) is 0 Å². The highest BCUT2D eigenvalue weighted by molar-refractivity contribution is 5.59. The van der Waals surface area contributed by atoms with Crippen molar-refractivity contribution in [2.24, 2.45) is 4.99 Å². The van der Waals surface area contributed by atoms with Gasteiger partial charge in [0.05, 0.1) is 12.8 Å². The van der Waals surface area contributed by atoms with Crippen molar-refractivity contribution in [2.45, 2.75) is 20.3 Å². The Morgan fingerprint density at radius 3 is 2.64 bits per heavy atom. The van der Waals surface area contributed by atoms with Crippen LogP contribution in [0.3, 0.4) is 0 Å². The molecule has 0 spiro atoms. The smallest absolute Gasteiger partial charge is 0.139 e. The zero-order valence-corrected chi connectivity index (χ0v) is 7.42. The van der Waals surface area contributed by atoms with Crippen molar-refractivity contribution in [3.05, 3.63) is 24.1 Å². The Labute approximate surface area is 68.3 Å². The van der Waals surface area contributed by atoms with Crippen LogP contribution in [-0.2, 0) is 4.74 Å². The Balaban J connectivity index is 4.12. The molecule has 0 aromatic rings. The van der Waals surface area contributed by atoms with Gasteiger partial charge in [-0.05, 0) is 19.4 Å². The van der Waals surface area contributed by atoms with Crippen LogP contribution in [0.2, 0.25) is 0 Å². The molecule has 2 heteroatoms. The molecule has 0 aromatic heterocycles. The van der Waals surface area contributed by atoms with Gasteiger partial charge in [-0.15, -0.1) is 0 Å². The lowest BCUT2D eigenvalue weighted by atomic mass is 10.4. The van der Waals surface area contributed by atoms with Crippen molar-refractivity contribution in [3.8, 4) is 0 Å². The van der Waals surface area contributed by atoms with Crippen LogP contribution >= 0.6 is 0 Å². The number of aliphatic imine (C=N–C) groups is 1. The summed E-state index contributed by atoms with van der Waals surface area (Å²) < 4.78 is 5.01. The Kier molecular flexibility index (Phi) is 5.17. The van der Waals surface area contributed by atoms with Crippen LogP contribution < -0.4 is 0 Å². The first kappa shape index (κ1) is 9.95. The van der Waals surface area contributed by atoms with Crippen molar-refractivity contribution in [3.63, 3.8) is 0 Å². The summed E-state index contributed by atoms with van der Waals surface area (Å²) in [6.07, 6.45) is 4.57. The van der Waals surface area contributed by atoms with E-state index in [1.165, 1.54) is 0 Å². The molecular weight excluding hydrogens is 138 g/mol. The molecule has 0 saturated carbocycles. The van der Waals surface area contributed by atoms with Gasteiger partial charge in [0.25, 0.3) is 0 Å². The van der Waals surface area contributed by atoms with E-state index in [-0.39, 0.29) is 0 Å². The van der Waals surface area contributed by atoms with Crippen LogP contribution in [0.5, 0.6) is 0 Å². The van der Waals surface area contributed by atoms with E-state index < -0.39 is 0 Å². The topological polar surface area (TPSA) is 21.6 Å². The van der Waals surface area contributed by atoms with E-state index in [1.54, 1.807) is 7.11 Å². The number of methoxy groups -OCH3 is 1. The first-order chi connectivity index (χ1) is 5.26. The number of ether oxygens (including phenoxy) is 1. The van der Waals surface area contributed by atoms with Crippen LogP contribution in [0.1, 0.15) is 20.3 Å². The molecule has 0 aromatic carbocycles. The number of allylic oxidation sites excluding steroid dienone is 1. The van der Waals surface area contributed by atoms with Gasteiger partial charge in [-0.3, -0.25) is 4.99 Å². The molecule has 2 nitrogen and oxygen atoms in total. The number of hydrogen-bond acceptors (Lipinski definition) is 2. The molecule has 0 bridgehead atoms.